The summed E-state index contributed by atoms with van der Waals surface area (Å²) in [7, 11) is 1.58. The lowest BCUT2D eigenvalue weighted by molar-refractivity contribution is 0.0701. The van der Waals surface area contributed by atoms with Crippen molar-refractivity contribution < 1.29 is 19.8 Å². The molecule has 0 unspecified atom stereocenters. The van der Waals surface area contributed by atoms with E-state index in [4.69, 9.17) is 5.11 Å². The molecule has 7 nitrogen and oxygen atoms in total. The zero-order valence-electron chi connectivity index (χ0n) is 11.9. The number of aryl methyl sites for hydroxylation is 1. The molecule has 0 saturated heterocycles. The summed E-state index contributed by atoms with van der Waals surface area (Å²) < 4.78 is 0. The van der Waals surface area contributed by atoms with Gasteiger partial charge in [-0.1, -0.05) is 0 Å². The number of thiazole rings is 1. The fourth-order valence-corrected chi connectivity index (χ4v) is 2.22. The number of aliphatic hydroxyl groups is 1. The van der Waals surface area contributed by atoms with E-state index in [2.05, 4.69) is 10.3 Å². The Bertz CT molecular complexity index is 513. The molecule has 1 rings (SSSR count). The van der Waals surface area contributed by atoms with Crippen LogP contribution in [0.25, 0.3) is 0 Å². The summed E-state index contributed by atoms with van der Waals surface area (Å²) in [6.45, 7) is 5.09. The van der Waals surface area contributed by atoms with E-state index in [1.807, 2.05) is 0 Å². The highest BCUT2D eigenvalue weighted by molar-refractivity contribution is 7.13. The van der Waals surface area contributed by atoms with Crippen molar-refractivity contribution >= 4 is 23.3 Å². The summed E-state index contributed by atoms with van der Waals surface area (Å²) in [5.41, 5.74) is -0.231. The number of nitrogens with zero attached hydrogens (tertiary/aromatic N) is 2. The molecule has 1 heterocycles. The first-order valence-electron chi connectivity index (χ1n) is 6.01. The van der Waals surface area contributed by atoms with Gasteiger partial charge in [-0.15, -0.1) is 11.3 Å². The molecule has 0 aliphatic heterocycles. The zero-order valence-corrected chi connectivity index (χ0v) is 12.7. The highest BCUT2D eigenvalue weighted by atomic mass is 32.1. The average molecular weight is 301 g/mol. The van der Waals surface area contributed by atoms with Gasteiger partial charge in [0.15, 0.2) is 0 Å². The Labute approximate surface area is 121 Å². The van der Waals surface area contributed by atoms with Crippen LogP contribution in [0.2, 0.25) is 0 Å². The molecule has 0 bridgehead atoms. The number of carboxylic acids is 1. The van der Waals surface area contributed by atoms with Gasteiger partial charge in [0.05, 0.1) is 24.4 Å². The van der Waals surface area contributed by atoms with Crippen molar-refractivity contribution in [2.24, 2.45) is 0 Å². The summed E-state index contributed by atoms with van der Waals surface area (Å²) in [5, 5.41) is 21.3. The van der Waals surface area contributed by atoms with E-state index in [0.717, 1.165) is 11.3 Å². The Balaban J connectivity index is 2.66. The van der Waals surface area contributed by atoms with Gasteiger partial charge in [-0.2, -0.15) is 0 Å². The number of urea groups is 1. The van der Waals surface area contributed by atoms with Crippen LogP contribution in [-0.4, -0.2) is 51.3 Å². The first-order valence-corrected chi connectivity index (χ1v) is 6.83. The maximum absolute atomic E-state index is 11.9. The van der Waals surface area contributed by atoms with Crippen LogP contribution in [0.15, 0.2) is 0 Å². The number of hydrogen-bond acceptors (Lipinski definition) is 5. The Morgan fingerprint density at radius 1 is 1.45 bits per heavy atom. The second-order valence-electron chi connectivity index (χ2n) is 5.02. The third-order valence-electron chi connectivity index (χ3n) is 3.03. The monoisotopic (exact) mass is 301 g/mol. The number of aromatic carboxylic acids is 1. The minimum absolute atomic E-state index is 0.156. The number of amides is 2. The van der Waals surface area contributed by atoms with Crippen molar-refractivity contribution in [3.05, 3.63) is 15.6 Å². The van der Waals surface area contributed by atoms with Crippen LogP contribution in [0.1, 0.15) is 34.2 Å². The van der Waals surface area contributed by atoms with Crippen LogP contribution in [0.3, 0.4) is 0 Å². The smallest absolute Gasteiger partial charge is 0.347 e. The van der Waals surface area contributed by atoms with Gasteiger partial charge in [0.1, 0.15) is 9.88 Å². The number of carboxylic acid groups (broad SMARTS) is 1. The van der Waals surface area contributed by atoms with Crippen molar-refractivity contribution in [3.63, 3.8) is 0 Å². The molecular weight excluding hydrogens is 282 g/mol. The number of aromatic nitrogens is 1. The molecule has 0 fully saturated rings. The molecule has 20 heavy (non-hydrogen) atoms. The lowest BCUT2D eigenvalue weighted by Gasteiger charge is -2.33. The largest absolute Gasteiger partial charge is 0.477 e. The Morgan fingerprint density at radius 3 is 2.50 bits per heavy atom. The van der Waals surface area contributed by atoms with E-state index in [1.54, 1.807) is 27.8 Å². The van der Waals surface area contributed by atoms with Crippen molar-refractivity contribution in [1.29, 1.82) is 0 Å². The van der Waals surface area contributed by atoms with Crippen LogP contribution < -0.4 is 5.32 Å². The van der Waals surface area contributed by atoms with Crippen molar-refractivity contribution in [2.45, 2.75) is 32.9 Å². The molecule has 0 atom stereocenters. The number of nitrogens with one attached hydrogen (secondary N) is 1. The number of hydrogen-bond donors (Lipinski definition) is 3. The molecule has 0 saturated carbocycles. The topological polar surface area (TPSA) is 103 Å². The fraction of sp³-hybridized carbons (Fsp3) is 0.583. The van der Waals surface area contributed by atoms with Gasteiger partial charge in [-0.25, -0.2) is 14.6 Å². The van der Waals surface area contributed by atoms with E-state index in [-0.39, 0.29) is 24.1 Å². The average Bonchev–Trinajstić information content (AvgIpc) is 2.76. The molecule has 0 spiro atoms. The number of rotatable bonds is 5. The highest BCUT2D eigenvalue weighted by Crippen LogP contribution is 2.18. The molecule has 1 aromatic rings. The minimum Gasteiger partial charge on any atom is -0.477 e. The van der Waals surface area contributed by atoms with Crippen LogP contribution in [0.4, 0.5) is 4.79 Å². The van der Waals surface area contributed by atoms with Crippen LogP contribution in [0, 0.1) is 6.92 Å². The zero-order chi connectivity index (χ0) is 15.5. The van der Waals surface area contributed by atoms with Crippen molar-refractivity contribution in [3.8, 4) is 0 Å². The van der Waals surface area contributed by atoms with Gasteiger partial charge in [0.25, 0.3) is 0 Å². The number of carbonyl (C=O) groups excluding carboxylic acids is 1. The first-order chi connectivity index (χ1) is 9.19. The molecule has 1 aromatic heterocycles. The molecule has 0 aliphatic rings. The maximum atomic E-state index is 11.9. The lowest BCUT2D eigenvalue weighted by atomic mass is 10.1. The third kappa shape index (κ3) is 3.67. The number of aliphatic hydroxyl groups excluding tert-OH is 1. The molecule has 112 valence electrons. The second kappa shape index (κ2) is 6.19. The Hall–Kier alpha value is -1.67. The second-order valence-corrected chi connectivity index (χ2v) is 6.10. The number of likely N-dealkylation sites (N-methyl/N-ethyl adjacent to an activating group) is 1. The normalized spacial score (nSPS) is 11.2. The quantitative estimate of drug-likeness (QED) is 0.754. The predicted molar refractivity (Wildman–Crippen MR) is 75.0 cm³/mol. The summed E-state index contributed by atoms with van der Waals surface area (Å²) >= 11 is 1.04. The fourth-order valence-electron chi connectivity index (χ4n) is 1.38. The molecular formula is C12H19N3O4S. The van der Waals surface area contributed by atoms with Gasteiger partial charge in [0, 0.05) is 7.05 Å². The molecule has 0 aromatic carbocycles. The highest BCUT2D eigenvalue weighted by Gasteiger charge is 2.26. The van der Waals surface area contributed by atoms with Gasteiger partial charge in [-0.3, -0.25) is 0 Å². The third-order valence-corrected chi connectivity index (χ3v) is 4.17. The van der Waals surface area contributed by atoms with Gasteiger partial charge < -0.3 is 20.4 Å². The van der Waals surface area contributed by atoms with E-state index in [0.29, 0.717) is 10.7 Å². The van der Waals surface area contributed by atoms with Gasteiger partial charge in [-0.05, 0) is 20.8 Å². The van der Waals surface area contributed by atoms with Crippen LogP contribution >= 0.6 is 11.3 Å². The summed E-state index contributed by atoms with van der Waals surface area (Å²) in [6.07, 6.45) is 0. The van der Waals surface area contributed by atoms with E-state index in [1.165, 1.54) is 4.90 Å². The molecule has 2 amide bonds. The van der Waals surface area contributed by atoms with Crippen molar-refractivity contribution in [1.82, 2.24) is 15.2 Å². The SMILES string of the molecule is Cc1nc(CNC(=O)N(C)C(C)(C)CO)sc1C(=O)O. The van der Waals surface area contributed by atoms with Crippen molar-refractivity contribution in [2.75, 3.05) is 13.7 Å². The maximum Gasteiger partial charge on any atom is 0.347 e. The van der Waals surface area contributed by atoms with E-state index >= 15 is 0 Å². The summed E-state index contributed by atoms with van der Waals surface area (Å²) in [5.74, 6) is -1.02. The molecule has 0 aliphatic carbocycles. The minimum atomic E-state index is -1.02. The molecule has 0 radical (unpaired) electrons. The van der Waals surface area contributed by atoms with Gasteiger partial charge >= 0.3 is 12.0 Å². The standard InChI is InChI=1S/C12H19N3O4S/c1-7-9(10(17)18)20-8(14-7)5-13-11(19)15(4)12(2,3)6-16/h16H,5-6H2,1-4H3,(H,13,19)(H,17,18). The number of carbonyl (C=O) groups is 2. The van der Waals surface area contributed by atoms with Gasteiger partial charge in [0.2, 0.25) is 0 Å². The predicted octanol–water partition coefficient (Wildman–Crippen LogP) is 1.06. The van der Waals surface area contributed by atoms with E-state index < -0.39 is 11.5 Å². The molecule has 3 N–H and O–H groups in total. The van der Waals surface area contributed by atoms with Crippen LogP contribution in [-0.2, 0) is 6.54 Å². The lowest BCUT2D eigenvalue weighted by Crippen LogP contribution is -2.51. The summed E-state index contributed by atoms with van der Waals surface area (Å²) in [6, 6.07) is -0.353. The first kappa shape index (κ1) is 16.4. The Kier molecular flexibility index (Phi) is 5.07. The van der Waals surface area contributed by atoms with E-state index in [9.17, 15) is 14.7 Å². The molecule has 8 heteroatoms. The van der Waals surface area contributed by atoms with Crippen LogP contribution in [0.5, 0.6) is 0 Å². The summed E-state index contributed by atoms with van der Waals surface area (Å²) in [4.78, 5) is 28.5. The Morgan fingerprint density at radius 2 is 2.05 bits per heavy atom.